The van der Waals surface area contributed by atoms with Gasteiger partial charge in [0.05, 0.1) is 26.9 Å². The summed E-state index contributed by atoms with van der Waals surface area (Å²) in [6.45, 7) is 4.02. The minimum absolute atomic E-state index is 0.0613. The van der Waals surface area contributed by atoms with Gasteiger partial charge in [-0.3, -0.25) is 14.2 Å². The van der Waals surface area contributed by atoms with E-state index in [0.29, 0.717) is 20.9 Å². The first kappa shape index (κ1) is 24.4. The second kappa shape index (κ2) is 9.97. The number of amides is 1. The standard InChI is InChI=1S/C26H23Cl2N3O2S2/c1-14-7-10-20(15(2)11-14)31-25(33)23-17-5-3-4-6-21(17)35-24(23)30-26(31)34-13-22(32)29-16-8-9-18(27)19(28)12-16/h7-12H,3-6,13H2,1-2H3,(H,29,32). The number of nitrogens with one attached hydrogen (secondary N) is 1. The summed E-state index contributed by atoms with van der Waals surface area (Å²) >= 11 is 14.9. The lowest BCUT2D eigenvalue weighted by atomic mass is 9.97. The highest BCUT2D eigenvalue weighted by Crippen LogP contribution is 2.35. The Labute approximate surface area is 221 Å². The van der Waals surface area contributed by atoms with Crippen LogP contribution in [0.5, 0.6) is 0 Å². The number of anilines is 1. The number of carbonyl (C=O) groups excluding carboxylic acids is 1. The van der Waals surface area contributed by atoms with Gasteiger partial charge < -0.3 is 5.32 Å². The fraction of sp³-hybridized carbons (Fsp3) is 0.269. The zero-order chi connectivity index (χ0) is 24.7. The van der Waals surface area contributed by atoms with E-state index < -0.39 is 0 Å². The number of rotatable bonds is 5. The van der Waals surface area contributed by atoms with Crippen LogP contribution in [0.1, 0.15) is 34.4 Å². The highest BCUT2D eigenvalue weighted by molar-refractivity contribution is 7.99. The smallest absolute Gasteiger partial charge is 0.267 e. The molecule has 9 heteroatoms. The second-order valence-electron chi connectivity index (χ2n) is 8.68. The van der Waals surface area contributed by atoms with Crippen molar-refractivity contribution in [3.05, 3.63) is 78.4 Å². The molecule has 1 N–H and O–H groups in total. The van der Waals surface area contributed by atoms with Gasteiger partial charge in [0.2, 0.25) is 5.91 Å². The van der Waals surface area contributed by atoms with Crippen LogP contribution in [-0.4, -0.2) is 21.2 Å². The molecule has 0 saturated carbocycles. The molecular formula is C26H23Cl2N3O2S2. The summed E-state index contributed by atoms with van der Waals surface area (Å²) < 4.78 is 1.68. The van der Waals surface area contributed by atoms with Crippen molar-refractivity contribution in [2.45, 2.75) is 44.7 Å². The lowest BCUT2D eigenvalue weighted by Gasteiger charge is -2.15. The summed E-state index contributed by atoms with van der Waals surface area (Å²) in [5, 5.41) is 4.87. The molecule has 1 aliphatic rings. The van der Waals surface area contributed by atoms with Crippen LogP contribution < -0.4 is 10.9 Å². The van der Waals surface area contributed by atoms with Gasteiger partial charge in [0.15, 0.2) is 5.16 Å². The van der Waals surface area contributed by atoms with Crippen molar-refractivity contribution in [2.24, 2.45) is 0 Å². The average Bonchev–Trinajstić information content (AvgIpc) is 3.19. The highest BCUT2D eigenvalue weighted by Gasteiger charge is 2.24. The quantitative estimate of drug-likeness (QED) is 0.218. The van der Waals surface area contributed by atoms with Crippen molar-refractivity contribution in [3.8, 4) is 5.69 Å². The van der Waals surface area contributed by atoms with Crippen LogP contribution in [0.4, 0.5) is 5.69 Å². The van der Waals surface area contributed by atoms with Crippen LogP contribution in [0.25, 0.3) is 15.9 Å². The lowest BCUT2D eigenvalue weighted by Crippen LogP contribution is -2.24. The molecule has 0 fully saturated rings. The number of benzene rings is 2. The Balaban J connectivity index is 1.53. The van der Waals surface area contributed by atoms with E-state index in [1.165, 1.54) is 16.6 Å². The van der Waals surface area contributed by atoms with E-state index in [1.807, 2.05) is 26.0 Å². The first-order chi connectivity index (χ1) is 16.8. The molecule has 0 aliphatic heterocycles. The predicted molar refractivity (Wildman–Crippen MR) is 147 cm³/mol. The van der Waals surface area contributed by atoms with Gasteiger partial charge in [0, 0.05) is 10.6 Å². The Morgan fingerprint density at radius 2 is 1.91 bits per heavy atom. The lowest BCUT2D eigenvalue weighted by molar-refractivity contribution is -0.113. The Kier molecular flexibility index (Phi) is 6.95. The van der Waals surface area contributed by atoms with Crippen molar-refractivity contribution in [1.29, 1.82) is 0 Å². The topological polar surface area (TPSA) is 64.0 Å². The van der Waals surface area contributed by atoms with Gasteiger partial charge in [-0.1, -0.05) is 52.7 Å². The first-order valence-electron chi connectivity index (χ1n) is 11.3. The number of aryl methyl sites for hydroxylation is 4. The monoisotopic (exact) mass is 543 g/mol. The molecule has 0 spiro atoms. The molecular weight excluding hydrogens is 521 g/mol. The maximum Gasteiger partial charge on any atom is 0.267 e. The molecule has 5 rings (SSSR count). The summed E-state index contributed by atoms with van der Waals surface area (Å²) in [5.74, 6) is -0.130. The number of hydrogen-bond acceptors (Lipinski definition) is 5. The van der Waals surface area contributed by atoms with Gasteiger partial charge in [0.1, 0.15) is 4.83 Å². The molecule has 180 valence electrons. The third-order valence-corrected chi connectivity index (χ3v) is 8.95. The molecule has 2 heterocycles. The van der Waals surface area contributed by atoms with Crippen LogP contribution in [0.2, 0.25) is 10.0 Å². The Morgan fingerprint density at radius 3 is 2.69 bits per heavy atom. The van der Waals surface area contributed by atoms with Crippen molar-refractivity contribution in [3.63, 3.8) is 0 Å². The van der Waals surface area contributed by atoms with E-state index in [1.54, 1.807) is 34.1 Å². The number of carbonyl (C=O) groups is 1. The van der Waals surface area contributed by atoms with E-state index in [0.717, 1.165) is 58.3 Å². The minimum atomic E-state index is -0.222. The van der Waals surface area contributed by atoms with Gasteiger partial charge >= 0.3 is 0 Å². The van der Waals surface area contributed by atoms with E-state index in [4.69, 9.17) is 28.2 Å². The van der Waals surface area contributed by atoms with Crippen molar-refractivity contribution >= 4 is 68.1 Å². The summed E-state index contributed by atoms with van der Waals surface area (Å²) in [6.07, 6.45) is 4.14. The predicted octanol–water partition coefficient (Wildman–Crippen LogP) is 6.98. The number of fused-ring (bicyclic) bond motifs is 3. The zero-order valence-electron chi connectivity index (χ0n) is 19.3. The maximum atomic E-state index is 13.9. The largest absolute Gasteiger partial charge is 0.325 e. The molecule has 2 aromatic carbocycles. The number of aromatic nitrogens is 2. The van der Waals surface area contributed by atoms with Crippen LogP contribution in [-0.2, 0) is 17.6 Å². The number of thioether (sulfide) groups is 1. The van der Waals surface area contributed by atoms with Gasteiger partial charge in [0.25, 0.3) is 5.56 Å². The fourth-order valence-electron chi connectivity index (χ4n) is 4.45. The molecule has 35 heavy (non-hydrogen) atoms. The molecule has 0 unspecified atom stereocenters. The highest BCUT2D eigenvalue weighted by atomic mass is 35.5. The van der Waals surface area contributed by atoms with Crippen molar-refractivity contribution in [1.82, 2.24) is 9.55 Å². The first-order valence-corrected chi connectivity index (χ1v) is 13.9. The molecule has 2 aromatic heterocycles. The molecule has 0 saturated heterocycles. The zero-order valence-corrected chi connectivity index (χ0v) is 22.4. The van der Waals surface area contributed by atoms with Crippen LogP contribution in [0, 0.1) is 13.8 Å². The molecule has 1 amide bonds. The van der Waals surface area contributed by atoms with Gasteiger partial charge in [-0.15, -0.1) is 11.3 Å². The third kappa shape index (κ3) is 4.87. The Morgan fingerprint density at radius 1 is 1.11 bits per heavy atom. The number of thiophene rings is 1. The minimum Gasteiger partial charge on any atom is -0.325 e. The third-order valence-electron chi connectivity index (χ3n) is 6.09. The van der Waals surface area contributed by atoms with E-state index in [-0.39, 0.29) is 17.2 Å². The van der Waals surface area contributed by atoms with Gasteiger partial charge in [-0.25, -0.2) is 4.98 Å². The second-order valence-corrected chi connectivity index (χ2v) is 11.5. The molecule has 5 nitrogen and oxygen atoms in total. The molecule has 1 aliphatic carbocycles. The summed E-state index contributed by atoms with van der Waals surface area (Å²) in [6, 6.07) is 11.0. The number of nitrogens with zero attached hydrogens (tertiary/aromatic N) is 2. The van der Waals surface area contributed by atoms with Gasteiger partial charge in [-0.05, 0) is 74.9 Å². The summed E-state index contributed by atoms with van der Waals surface area (Å²) in [5.41, 5.74) is 4.55. The average molecular weight is 545 g/mol. The van der Waals surface area contributed by atoms with E-state index in [2.05, 4.69) is 11.4 Å². The summed E-state index contributed by atoms with van der Waals surface area (Å²) in [4.78, 5) is 33.6. The Bertz CT molecular complexity index is 1530. The Hall–Kier alpha value is -2.32. The maximum absolute atomic E-state index is 13.9. The number of hydrogen-bond donors (Lipinski definition) is 1. The molecule has 0 atom stereocenters. The molecule has 0 bridgehead atoms. The van der Waals surface area contributed by atoms with Crippen molar-refractivity contribution < 1.29 is 4.79 Å². The van der Waals surface area contributed by atoms with Crippen LogP contribution in [0.3, 0.4) is 0 Å². The summed E-state index contributed by atoms with van der Waals surface area (Å²) in [7, 11) is 0. The number of halogens is 2. The SMILES string of the molecule is Cc1ccc(-n2c(SCC(=O)Nc3ccc(Cl)c(Cl)c3)nc3sc4c(c3c2=O)CCCC4)c(C)c1. The molecule has 4 aromatic rings. The fourth-order valence-corrected chi connectivity index (χ4v) is 6.86. The van der Waals surface area contributed by atoms with Crippen LogP contribution in [0.15, 0.2) is 46.3 Å². The van der Waals surface area contributed by atoms with Gasteiger partial charge in [-0.2, -0.15) is 0 Å². The van der Waals surface area contributed by atoms with Crippen LogP contribution >= 0.6 is 46.3 Å². The van der Waals surface area contributed by atoms with Crippen molar-refractivity contribution in [2.75, 3.05) is 11.1 Å². The van der Waals surface area contributed by atoms with E-state index >= 15 is 0 Å². The van der Waals surface area contributed by atoms with E-state index in [9.17, 15) is 9.59 Å². The molecule has 0 radical (unpaired) electrons. The normalized spacial score (nSPS) is 13.1.